The van der Waals surface area contributed by atoms with E-state index in [1.165, 1.54) is 53.7 Å². The lowest BCUT2D eigenvalue weighted by Gasteiger charge is -2.13. The molecule has 0 bridgehead atoms. The molecule has 0 amide bonds. The van der Waals surface area contributed by atoms with Crippen LogP contribution in [0.2, 0.25) is 0 Å². The lowest BCUT2D eigenvalue weighted by Crippen LogP contribution is -2.08. The largest absolute Gasteiger partial charge is 0.493 e. The molecule has 0 unspecified atom stereocenters. The minimum Gasteiger partial charge on any atom is -0.493 e. The Labute approximate surface area is 178 Å². The van der Waals surface area contributed by atoms with Crippen LogP contribution in [0.5, 0.6) is 28.7 Å². The number of hydrogen-bond donors (Lipinski definition) is 0. The highest BCUT2D eigenvalue weighted by Gasteiger charge is 2.24. The van der Waals surface area contributed by atoms with E-state index in [1.54, 1.807) is 0 Å². The molecule has 2 aromatic carbocycles. The van der Waals surface area contributed by atoms with Crippen molar-refractivity contribution in [2.75, 3.05) is 35.5 Å². The second-order valence-corrected chi connectivity index (χ2v) is 6.25. The molecule has 0 saturated carbocycles. The number of rotatable bonds is 11. The summed E-state index contributed by atoms with van der Waals surface area (Å²) in [5, 5.41) is 11.3. The number of methoxy groups -OCH3 is 5. The van der Waals surface area contributed by atoms with Gasteiger partial charge < -0.3 is 23.7 Å². The molecule has 0 heterocycles. The van der Waals surface area contributed by atoms with Crippen molar-refractivity contribution in [2.24, 2.45) is 0 Å². The van der Waals surface area contributed by atoms with Crippen LogP contribution in [0.15, 0.2) is 24.3 Å². The van der Waals surface area contributed by atoms with Crippen LogP contribution in [0, 0.1) is 10.1 Å². The van der Waals surface area contributed by atoms with Crippen LogP contribution in [0.25, 0.3) is 0 Å². The Morgan fingerprint density at radius 1 is 0.710 bits per heavy atom. The van der Waals surface area contributed by atoms with Crippen LogP contribution in [0.4, 0.5) is 5.69 Å². The second-order valence-electron chi connectivity index (χ2n) is 6.25. The predicted octanol–water partition coefficient (Wildman–Crippen LogP) is 3.48. The van der Waals surface area contributed by atoms with Crippen LogP contribution < -0.4 is 23.7 Å². The number of carbonyl (C=O) groups excluding carboxylic acids is 2. The van der Waals surface area contributed by atoms with Gasteiger partial charge in [-0.15, -0.1) is 0 Å². The first kappa shape index (κ1) is 23.5. The molecule has 0 aliphatic heterocycles. The normalized spacial score (nSPS) is 10.2. The molecule has 10 nitrogen and oxygen atoms in total. The third-order valence-corrected chi connectivity index (χ3v) is 4.54. The summed E-state index contributed by atoms with van der Waals surface area (Å²) in [5.74, 6) is 0.148. The fourth-order valence-corrected chi connectivity index (χ4v) is 3.00. The molecule has 0 aliphatic carbocycles. The average Bonchev–Trinajstić information content (AvgIpc) is 2.79. The topological polar surface area (TPSA) is 123 Å². The molecule has 0 saturated heterocycles. The molecule has 0 aliphatic rings. The van der Waals surface area contributed by atoms with Crippen molar-refractivity contribution < 1.29 is 38.2 Å². The monoisotopic (exact) mass is 433 g/mol. The number of Topliss-reactive ketones (excluding diaryl/α,β-unsaturated/α-hetero) is 2. The van der Waals surface area contributed by atoms with Crippen molar-refractivity contribution in [1.29, 1.82) is 0 Å². The standard InChI is InChI=1S/C21H23NO9/c1-27-17-9-12(8-14(22(25)26)20(17)30-4)15(23)6-7-16(24)13-10-18(28-2)21(31-5)19(11-13)29-3/h8-11H,6-7H2,1-5H3. The Bertz CT molecular complexity index is 976. The van der Waals surface area contributed by atoms with E-state index in [-0.39, 0.29) is 41.3 Å². The van der Waals surface area contributed by atoms with Gasteiger partial charge in [-0.25, -0.2) is 0 Å². The number of nitrogens with zero attached hydrogens (tertiary/aromatic N) is 1. The summed E-state index contributed by atoms with van der Waals surface area (Å²) in [6.45, 7) is 0. The van der Waals surface area contributed by atoms with E-state index in [1.807, 2.05) is 0 Å². The maximum Gasteiger partial charge on any atom is 0.315 e. The van der Waals surface area contributed by atoms with Crippen molar-refractivity contribution in [3.05, 3.63) is 45.5 Å². The number of ether oxygens (including phenoxy) is 5. The molecular formula is C21H23NO9. The average molecular weight is 433 g/mol. The highest BCUT2D eigenvalue weighted by Crippen LogP contribution is 2.39. The fraction of sp³-hybridized carbons (Fsp3) is 0.333. The Morgan fingerprint density at radius 3 is 1.45 bits per heavy atom. The zero-order chi connectivity index (χ0) is 23.1. The van der Waals surface area contributed by atoms with Gasteiger partial charge in [-0.2, -0.15) is 0 Å². The van der Waals surface area contributed by atoms with E-state index in [2.05, 4.69) is 0 Å². The van der Waals surface area contributed by atoms with Crippen molar-refractivity contribution >= 4 is 17.3 Å². The quantitative estimate of drug-likeness (QED) is 0.297. The van der Waals surface area contributed by atoms with Crippen LogP contribution in [-0.4, -0.2) is 52.0 Å². The Balaban J connectivity index is 2.26. The molecular weight excluding hydrogens is 410 g/mol. The molecule has 0 aromatic heterocycles. The van der Waals surface area contributed by atoms with Gasteiger partial charge in [0.15, 0.2) is 28.8 Å². The van der Waals surface area contributed by atoms with E-state index in [0.717, 1.165) is 6.07 Å². The highest BCUT2D eigenvalue weighted by atomic mass is 16.6. The van der Waals surface area contributed by atoms with Crippen molar-refractivity contribution in [3.8, 4) is 28.7 Å². The molecule has 2 aromatic rings. The summed E-state index contributed by atoms with van der Waals surface area (Å²) in [7, 11) is 6.88. The second kappa shape index (κ2) is 10.3. The first-order valence-electron chi connectivity index (χ1n) is 9.08. The molecule has 0 spiro atoms. The highest BCUT2D eigenvalue weighted by molar-refractivity contribution is 6.03. The van der Waals surface area contributed by atoms with Crippen molar-refractivity contribution in [2.45, 2.75) is 12.8 Å². The maximum absolute atomic E-state index is 12.7. The smallest absolute Gasteiger partial charge is 0.315 e. The van der Waals surface area contributed by atoms with Gasteiger partial charge in [0.2, 0.25) is 11.5 Å². The molecule has 0 atom stereocenters. The number of hydrogen-bond acceptors (Lipinski definition) is 9. The third-order valence-electron chi connectivity index (χ3n) is 4.54. The maximum atomic E-state index is 12.7. The van der Waals surface area contributed by atoms with Gasteiger partial charge in [-0.1, -0.05) is 0 Å². The summed E-state index contributed by atoms with van der Waals surface area (Å²) in [5.41, 5.74) is -0.0798. The first-order valence-corrected chi connectivity index (χ1v) is 9.08. The molecule has 2 rings (SSSR count). The summed E-state index contributed by atoms with van der Waals surface area (Å²) < 4.78 is 25.8. The summed E-state index contributed by atoms with van der Waals surface area (Å²) in [6, 6.07) is 5.44. The number of nitro groups is 1. The predicted molar refractivity (Wildman–Crippen MR) is 110 cm³/mol. The minimum atomic E-state index is -0.667. The van der Waals surface area contributed by atoms with Gasteiger partial charge in [0, 0.05) is 30.0 Å². The number of benzene rings is 2. The summed E-state index contributed by atoms with van der Waals surface area (Å²) in [6.07, 6.45) is -0.290. The Morgan fingerprint density at radius 2 is 1.10 bits per heavy atom. The zero-order valence-corrected chi connectivity index (χ0v) is 17.8. The van der Waals surface area contributed by atoms with Crippen molar-refractivity contribution in [1.82, 2.24) is 0 Å². The molecule has 31 heavy (non-hydrogen) atoms. The SMILES string of the molecule is COc1cc(C(=O)CCC(=O)c2cc(OC)c(OC)c([N+](=O)[O-])c2)cc(OC)c1OC. The van der Waals surface area contributed by atoms with Crippen LogP contribution in [0.3, 0.4) is 0 Å². The number of ketones is 2. The Hall–Kier alpha value is -3.82. The van der Waals surface area contributed by atoms with Crippen molar-refractivity contribution in [3.63, 3.8) is 0 Å². The summed E-state index contributed by atoms with van der Waals surface area (Å²) in [4.78, 5) is 35.9. The van der Waals surface area contributed by atoms with Crippen LogP contribution >= 0.6 is 0 Å². The van der Waals surface area contributed by atoms with Crippen LogP contribution in [0.1, 0.15) is 33.6 Å². The molecule has 0 N–H and O–H groups in total. The van der Waals surface area contributed by atoms with E-state index in [9.17, 15) is 19.7 Å². The van der Waals surface area contributed by atoms with Gasteiger partial charge in [-0.3, -0.25) is 19.7 Å². The zero-order valence-electron chi connectivity index (χ0n) is 17.8. The number of nitro benzene ring substituents is 1. The van der Waals surface area contributed by atoms with Gasteiger partial charge >= 0.3 is 5.69 Å². The Kier molecular flexibility index (Phi) is 7.78. The molecule has 10 heteroatoms. The fourth-order valence-electron chi connectivity index (χ4n) is 3.00. The molecule has 0 radical (unpaired) electrons. The van der Waals surface area contributed by atoms with Gasteiger partial charge in [0.25, 0.3) is 0 Å². The van der Waals surface area contributed by atoms with E-state index in [4.69, 9.17) is 23.7 Å². The van der Waals surface area contributed by atoms with Gasteiger partial charge in [0.05, 0.1) is 40.5 Å². The van der Waals surface area contributed by atoms with Crippen LogP contribution in [-0.2, 0) is 0 Å². The van der Waals surface area contributed by atoms with E-state index >= 15 is 0 Å². The van der Waals surface area contributed by atoms with E-state index in [0.29, 0.717) is 17.2 Å². The van der Waals surface area contributed by atoms with Gasteiger partial charge in [-0.05, 0) is 18.2 Å². The summed E-state index contributed by atoms with van der Waals surface area (Å²) >= 11 is 0. The lowest BCUT2D eigenvalue weighted by atomic mass is 10.00. The van der Waals surface area contributed by atoms with Gasteiger partial charge in [0.1, 0.15) is 0 Å². The number of carbonyl (C=O) groups is 2. The van der Waals surface area contributed by atoms with E-state index < -0.39 is 16.4 Å². The first-order chi connectivity index (χ1) is 14.8. The lowest BCUT2D eigenvalue weighted by molar-refractivity contribution is -0.385. The molecule has 0 fully saturated rings. The minimum absolute atomic E-state index is 0.0436. The third kappa shape index (κ3) is 5.03. The molecule has 166 valence electrons.